The standard InChI is InChI=1S/C12H11BrClNS/c13-11-1-2-12(14)10(5-11)7-15-6-9-3-4-16-8-9/h1-5,8,15H,6-7H2. The van der Waals surface area contributed by atoms with Crippen LogP contribution in [0.25, 0.3) is 0 Å². The quantitative estimate of drug-likeness (QED) is 0.878. The molecule has 0 saturated carbocycles. The lowest BCUT2D eigenvalue weighted by Gasteiger charge is -2.06. The second kappa shape index (κ2) is 5.82. The van der Waals surface area contributed by atoms with E-state index in [1.165, 1.54) is 5.56 Å². The van der Waals surface area contributed by atoms with Crippen molar-refractivity contribution < 1.29 is 0 Å². The van der Waals surface area contributed by atoms with Crippen molar-refractivity contribution in [2.75, 3.05) is 0 Å². The zero-order valence-electron chi connectivity index (χ0n) is 8.54. The highest BCUT2D eigenvalue weighted by molar-refractivity contribution is 9.10. The molecule has 1 heterocycles. The molecule has 16 heavy (non-hydrogen) atoms. The third-order valence-corrected chi connectivity index (χ3v) is 3.83. The average Bonchev–Trinajstić information content (AvgIpc) is 2.76. The molecule has 0 radical (unpaired) electrons. The van der Waals surface area contributed by atoms with Crippen LogP contribution in [0.3, 0.4) is 0 Å². The van der Waals surface area contributed by atoms with Gasteiger partial charge in [-0.25, -0.2) is 0 Å². The first kappa shape index (κ1) is 12.1. The van der Waals surface area contributed by atoms with Crippen molar-refractivity contribution in [1.29, 1.82) is 0 Å². The summed E-state index contributed by atoms with van der Waals surface area (Å²) in [6.45, 7) is 1.67. The Bertz CT molecular complexity index is 456. The van der Waals surface area contributed by atoms with Crippen molar-refractivity contribution in [3.8, 4) is 0 Å². The van der Waals surface area contributed by atoms with Gasteiger partial charge in [-0.3, -0.25) is 0 Å². The van der Waals surface area contributed by atoms with Gasteiger partial charge in [0.2, 0.25) is 0 Å². The van der Waals surface area contributed by atoms with E-state index in [1.54, 1.807) is 11.3 Å². The third kappa shape index (κ3) is 3.32. The smallest absolute Gasteiger partial charge is 0.0451 e. The summed E-state index contributed by atoms with van der Waals surface area (Å²) >= 11 is 11.3. The van der Waals surface area contributed by atoms with Crippen LogP contribution in [0.4, 0.5) is 0 Å². The first-order chi connectivity index (χ1) is 7.75. The highest BCUT2D eigenvalue weighted by Gasteiger charge is 2.01. The van der Waals surface area contributed by atoms with Gasteiger partial charge < -0.3 is 5.32 Å². The fourth-order valence-corrected chi connectivity index (χ4v) is 2.68. The van der Waals surface area contributed by atoms with Crippen molar-refractivity contribution in [1.82, 2.24) is 5.32 Å². The maximum atomic E-state index is 6.10. The van der Waals surface area contributed by atoms with Crippen molar-refractivity contribution in [3.05, 3.63) is 55.6 Å². The minimum Gasteiger partial charge on any atom is -0.309 e. The minimum atomic E-state index is 0.786. The molecule has 0 bridgehead atoms. The number of hydrogen-bond acceptors (Lipinski definition) is 2. The molecule has 2 rings (SSSR count). The van der Waals surface area contributed by atoms with E-state index >= 15 is 0 Å². The second-order valence-corrected chi connectivity index (χ2v) is 5.57. The SMILES string of the molecule is Clc1ccc(Br)cc1CNCc1ccsc1. The zero-order valence-corrected chi connectivity index (χ0v) is 11.7. The van der Waals surface area contributed by atoms with Crippen molar-refractivity contribution >= 4 is 38.9 Å². The molecule has 1 aromatic carbocycles. The Hall–Kier alpha value is -0.350. The number of benzene rings is 1. The van der Waals surface area contributed by atoms with Crippen LogP contribution < -0.4 is 5.32 Å². The molecule has 0 unspecified atom stereocenters. The van der Waals surface area contributed by atoms with Gasteiger partial charge in [-0.1, -0.05) is 27.5 Å². The van der Waals surface area contributed by atoms with Gasteiger partial charge in [0.25, 0.3) is 0 Å². The second-order valence-electron chi connectivity index (χ2n) is 3.47. The number of hydrogen-bond donors (Lipinski definition) is 1. The van der Waals surface area contributed by atoms with Gasteiger partial charge in [0.15, 0.2) is 0 Å². The Morgan fingerprint density at radius 2 is 2.12 bits per heavy atom. The number of halogens is 2. The summed E-state index contributed by atoms with van der Waals surface area (Å²) in [5, 5.41) is 8.41. The molecule has 0 aliphatic rings. The fourth-order valence-electron chi connectivity index (χ4n) is 1.41. The van der Waals surface area contributed by atoms with E-state index in [0.29, 0.717) is 0 Å². The van der Waals surface area contributed by atoms with E-state index in [0.717, 1.165) is 28.1 Å². The number of nitrogens with one attached hydrogen (secondary N) is 1. The summed E-state index contributed by atoms with van der Waals surface area (Å²) < 4.78 is 1.06. The normalized spacial score (nSPS) is 10.6. The molecule has 1 nitrogen and oxygen atoms in total. The molecule has 0 aliphatic heterocycles. The molecule has 1 N–H and O–H groups in total. The molecule has 0 aliphatic carbocycles. The molecule has 0 saturated heterocycles. The van der Waals surface area contributed by atoms with E-state index in [4.69, 9.17) is 11.6 Å². The molecule has 4 heteroatoms. The summed E-state index contributed by atoms with van der Waals surface area (Å²) in [4.78, 5) is 0. The van der Waals surface area contributed by atoms with Crippen LogP contribution in [0.15, 0.2) is 39.5 Å². The summed E-state index contributed by atoms with van der Waals surface area (Å²) in [7, 11) is 0. The molecule has 0 atom stereocenters. The summed E-state index contributed by atoms with van der Waals surface area (Å²) in [6, 6.07) is 8.03. The van der Waals surface area contributed by atoms with Crippen LogP contribution in [0, 0.1) is 0 Å². The minimum absolute atomic E-state index is 0.786. The molecule has 0 amide bonds. The lowest BCUT2D eigenvalue weighted by atomic mass is 10.2. The van der Waals surface area contributed by atoms with E-state index in [1.807, 2.05) is 18.2 Å². The van der Waals surface area contributed by atoms with Gasteiger partial charge in [0, 0.05) is 22.6 Å². The molecular weight excluding hydrogens is 306 g/mol. The maximum Gasteiger partial charge on any atom is 0.0451 e. The van der Waals surface area contributed by atoms with Crippen LogP contribution in [-0.2, 0) is 13.1 Å². The number of rotatable bonds is 4. The summed E-state index contributed by atoms with van der Waals surface area (Å²) in [6.07, 6.45) is 0. The molecule has 0 spiro atoms. The maximum absolute atomic E-state index is 6.10. The van der Waals surface area contributed by atoms with Gasteiger partial charge in [0.05, 0.1) is 0 Å². The van der Waals surface area contributed by atoms with Gasteiger partial charge in [0.1, 0.15) is 0 Å². The van der Waals surface area contributed by atoms with Crippen molar-refractivity contribution in [2.24, 2.45) is 0 Å². The predicted octanol–water partition coefficient (Wildman–Crippen LogP) is 4.45. The van der Waals surface area contributed by atoms with Gasteiger partial charge in [-0.15, -0.1) is 0 Å². The largest absolute Gasteiger partial charge is 0.309 e. The average molecular weight is 317 g/mol. The Labute approximate surface area is 113 Å². The summed E-state index contributed by atoms with van der Waals surface area (Å²) in [5.41, 5.74) is 2.43. The summed E-state index contributed by atoms with van der Waals surface area (Å²) in [5.74, 6) is 0. The Kier molecular flexibility index (Phi) is 4.41. The monoisotopic (exact) mass is 315 g/mol. The van der Waals surface area contributed by atoms with Crippen molar-refractivity contribution in [2.45, 2.75) is 13.1 Å². The van der Waals surface area contributed by atoms with Gasteiger partial charge in [-0.05, 0) is 46.2 Å². The lowest BCUT2D eigenvalue weighted by Crippen LogP contribution is -2.12. The molecule has 1 aromatic heterocycles. The first-order valence-electron chi connectivity index (χ1n) is 4.91. The van der Waals surface area contributed by atoms with Crippen molar-refractivity contribution in [3.63, 3.8) is 0 Å². The van der Waals surface area contributed by atoms with Gasteiger partial charge in [-0.2, -0.15) is 11.3 Å². The zero-order chi connectivity index (χ0) is 11.4. The molecular formula is C12H11BrClNS. The van der Waals surface area contributed by atoms with E-state index in [-0.39, 0.29) is 0 Å². The Balaban J connectivity index is 1.92. The van der Waals surface area contributed by atoms with Gasteiger partial charge >= 0.3 is 0 Å². The number of thiophene rings is 1. The van der Waals surface area contributed by atoms with E-state index in [9.17, 15) is 0 Å². The lowest BCUT2D eigenvalue weighted by molar-refractivity contribution is 0.695. The van der Waals surface area contributed by atoms with E-state index < -0.39 is 0 Å². The molecule has 84 valence electrons. The molecule has 2 aromatic rings. The highest BCUT2D eigenvalue weighted by atomic mass is 79.9. The van der Waals surface area contributed by atoms with Crippen LogP contribution in [-0.4, -0.2) is 0 Å². The van der Waals surface area contributed by atoms with Crippen LogP contribution in [0.5, 0.6) is 0 Å². The van der Waals surface area contributed by atoms with Crippen LogP contribution in [0.1, 0.15) is 11.1 Å². The first-order valence-corrected chi connectivity index (χ1v) is 7.03. The Morgan fingerprint density at radius 1 is 1.25 bits per heavy atom. The van der Waals surface area contributed by atoms with Crippen LogP contribution >= 0.6 is 38.9 Å². The third-order valence-electron chi connectivity index (χ3n) is 2.23. The van der Waals surface area contributed by atoms with E-state index in [2.05, 4.69) is 38.1 Å². The molecule has 0 fully saturated rings. The van der Waals surface area contributed by atoms with Crippen LogP contribution in [0.2, 0.25) is 5.02 Å². The topological polar surface area (TPSA) is 12.0 Å². The Morgan fingerprint density at radius 3 is 2.88 bits per heavy atom. The fraction of sp³-hybridized carbons (Fsp3) is 0.167. The predicted molar refractivity (Wildman–Crippen MR) is 74.0 cm³/mol. The highest BCUT2D eigenvalue weighted by Crippen LogP contribution is 2.20.